The zero-order valence-corrected chi connectivity index (χ0v) is 19.1. The maximum Gasteiger partial charge on any atom is 0.238 e. The molecule has 2 aliphatic heterocycles. The van der Waals surface area contributed by atoms with Crippen LogP contribution in [0.25, 0.3) is 0 Å². The summed E-state index contributed by atoms with van der Waals surface area (Å²) in [4.78, 5) is 15.3. The van der Waals surface area contributed by atoms with E-state index in [2.05, 4.69) is 36.2 Å². The summed E-state index contributed by atoms with van der Waals surface area (Å²) in [6.07, 6.45) is 4.63. The third-order valence-electron chi connectivity index (χ3n) is 6.21. The van der Waals surface area contributed by atoms with Gasteiger partial charge in [0.25, 0.3) is 0 Å². The molecule has 1 amide bonds. The molecule has 4 rings (SSSR count). The number of benzene rings is 2. The lowest BCUT2D eigenvalue weighted by atomic mass is 10.0. The Bertz CT molecular complexity index is 947. The molecule has 0 aromatic heterocycles. The van der Waals surface area contributed by atoms with Crippen LogP contribution in [-0.4, -0.2) is 37.1 Å². The highest BCUT2D eigenvalue weighted by Crippen LogP contribution is 2.38. The van der Waals surface area contributed by atoms with Crippen molar-refractivity contribution in [2.75, 3.05) is 31.6 Å². The Morgan fingerprint density at radius 1 is 1.10 bits per heavy atom. The summed E-state index contributed by atoms with van der Waals surface area (Å²) in [6, 6.07) is 10.3. The second-order valence-electron chi connectivity index (χ2n) is 8.20. The molecule has 1 unspecified atom stereocenters. The van der Waals surface area contributed by atoms with Crippen LogP contribution in [0.1, 0.15) is 55.8 Å². The third-order valence-corrected chi connectivity index (χ3v) is 6.56. The van der Waals surface area contributed by atoms with Crippen LogP contribution in [0.5, 0.6) is 11.5 Å². The van der Waals surface area contributed by atoms with Crippen molar-refractivity contribution in [3.8, 4) is 11.5 Å². The number of carbonyl (C=O) groups excluding carboxylic acids is 1. The normalized spacial score (nSPS) is 18.6. The van der Waals surface area contributed by atoms with Crippen LogP contribution in [0.4, 0.5) is 5.69 Å². The molecule has 0 bridgehead atoms. The zero-order valence-electron chi connectivity index (χ0n) is 18.4. The molecule has 5 nitrogen and oxygen atoms in total. The fourth-order valence-electron chi connectivity index (χ4n) is 4.61. The molecule has 2 aliphatic rings. The van der Waals surface area contributed by atoms with Crippen molar-refractivity contribution in [3.05, 3.63) is 52.0 Å². The van der Waals surface area contributed by atoms with Gasteiger partial charge in [-0.25, -0.2) is 0 Å². The smallest absolute Gasteiger partial charge is 0.238 e. The summed E-state index contributed by atoms with van der Waals surface area (Å²) in [7, 11) is 0. The number of ether oxygens (including phenoxy) is 2. The summed E-state index contributed by atoms with van der Waals surface area (Å²) in [6.45, 7) is 6.79. The monoisotopic (exact) mass is 442 g/mol. The van der Waals surface area contributed by atoms with Gasteiger partial charge in [0.15, 0.2) is 11.5 Å². The lowest BCUT2D eigenvalue weighted by molar-refractivity contribution is -0.117. The second kappa shape index (κ2) is 9.92. The van der Waals surface area contributed by atoms with Gasteiger partial charge in [-0.3, -0.25) is 9.69 Å². The first-order valence-electron chi connectivity index (χ1n) is 11.3. The van der Waals surface area contributed by atoms with Crippen LogP contribution in [0.15, 0.2) is 30.3 Å². The molecule has 0 radical (unpaired) electrons. The Kier molecular flexibility index (Phi) is 7.03. The van der Waals surface area contributed by atoms with Gasteiger partial charge >= 0.3 is 0 Å². The Morgan fingerprint density at radius 2 is 1.90 bits per heavy atom. The minimum absolute atomic E-state index is 0.00732. The van der Waals surface area contributed by atoms with Crippen LogP contribution >= 0.6 is 11.6 Å². The first-order chi connectivity index (χ1) is 15.1. The van der Waals surface area contributed by atoms with Gasteiger partial charge in [-0.2, -0.15) is 0 Å². The number of nitrogens with one attached hydrogen (secondary N) is 1. The molecular formula is C25H31ClN2O3. The third kappa shape index (κ3) is 4.83. The van der Waals surface area contributed by atoms with E-state index in [0.29, 0.717) is 24.8 Å². The number of hydrogen-bond donors (Lipinski definition) is 1. The molecule has 0 saturated carbocycles. The molecule has 0 spiro atoms. The van der Waals surface area contributed by atoms with E-state index >= 15 is 0 Å². The minimum atomic E-state index is 0.00732. The number of halogens is 1. The van der Waals surface area contributed by atoms with Crippen molar-refractivity contribution >= 4 is 23.2 Å². The Hall–Kier alpha value is -2.24. The fourth-order valence-corrected chi connectivity index (χ4v) is 4.90. The Balaban J connectivity index is 1.49. The molecule has 31 heavy (non-hydrogen) atoms. The Morgan fingerprint density at radius 3 is 2.68 bits per heavy atom. The van der Waals surface area contributed by atoms with E-state index in [9.17, 15) is 4.79 Å². The van der Waals surface area contributed by atoms with E-state index in [1.165, 1.54) is 5.56 Å². The van der Waals surface area contributed by atoms with E-state index in [1.807, 2.05) is 18.2 Å². The van der Waals surface area contributed by atoms with Crippen molar-refractivity contribution in [1.29, 1.82) is 0 Å². The number of amides is 1. The predicted molar refractivity (Wildman–Crippen MR) is 124 cm³/mol. The molecule has 0 aliphatic carbocycles. The Labute approximate surface area is 189 Å². The number of rotatable bonds is 6. The van der Waals surface area contributed by atoms with Gasteiger partial charge in [0.2, 0.25) is 5.91 Å². The van der Waals surface area contributed by atoms with E-state index in [1.54, 1.807) is 0 Å². The molecule has 2 heterocycles. The summed E-state index contributed by atoms with van der Waals surface area (Å²) in [5, 5.41) is 3.88. The number of anilines is 1. The molecule has 2 aromatic rings. The van der Waals surface area contributed by atoms with Crippen molar-refractivity contribution in [1.82, 2.24) is 4.90 Å². The molecule has 1 N–H and O–H groups in total. The molecular weight excluding hydrogens is 412 g/mol. The highest BCUT2D eigenvalue weighted by molar-refractivity contribution is 6.32. The molecule has 6 heteroatoms. The van der Waals surface area contributed by atoms with Crippen LogP contribution in [0, 0.1) is 0 Å². The average molecular weight is 443 g/mol. The van der Waals surface area contributed by atoms with Gasteiger partial charge in [0, 0.05) is 23.2 Å². The van der Waals surface area contributed by atoms with Crippen molar-refractivity contribution in [3.63, 3.8) is 0 Å². The SMILES string of the molecule is CCc1ccc(Cl)c(CC)c1NC(=O)CN1CCCC1c1ccc2c(c1)OCCCO2. The van der Waals surface area contributed by atoms with Crippen molar-refractivity contribution < 1.29 is 14.3 Å². The first kappa shape index (κ1) is 22.0. The minimum Gasteiger partial charge on any atom is -0.490 e. The van der Waals surface area contributed by atoms with Crippen molar-refractivity contribution in [2.24, 2.45) is 0 Å². The average Bonchev–Trinajstić information content (AvgIpc) is 3.09. The number of fused-ring (bicyclic) bond motifs is 1. The number of hydrogen-bond acceptors (Lipinski definition) is 4. The maximum atomic E-state index is 13.0. The standard InChI is InChI=1S/C25H31ClN2O3/c1-3-17-8-10-20(26)19(4-2)25(17)27-24(29)16-28-12-5-7-21(28)18-9-11-22-23(15-18)31-14-6-13-30-22/h8-11,15,21H,3-7,12-14,16H2,1-2H3,(H,27,29). The lowest BCUT2D eigenvalue weighted by Crippen LogP contribution is -2.33. The van der Waals surface area contributed by atoms with Gasteiger partial charge in [-0.1, -0.05) is 37.6 Å². The van der Waals surface area contributed by atoms with Gasteiger partial charge in [0.05, 0.1) is 19.8 Å². The van der Waals surface area contributed by atoms with E-state index < -0.39 is 0 Å². The molecule has 1 fully saturated rings. The molecule has 1 atom stereocenters. The van der Waals surface area contributed by atoms with Gasteiger partial charge in [-0.05, 0) is 67.1 Å². The van der Waals surface area contributed by atoms with E-state index in [0.717, 1.165) is 67.0 Å². The summed E-state index contributed by atoms with van der Waals surface area (Å²) >= 11 is 6.40. The highest BCUT2D eigenvalue weighted by atomic mass is 35.5. The lowest BCUT2D eigenvalue weighted by Gasteiger charge is -2.25. The quantitative estimate of drug-likeness (QED) is 0.650. The summed E-state index contributed by atoms with van der Waals surface area (Å²) < 4.78 is 11.6. The molecule has 2 aromatic carbocycles. The highest BCUT2D eigenvalue weighted by Gasteiger charge is 2.29. The van der Waals surface area contributed by atoms with E-state index in [4.69, 9.17) is 21.1 Å². The van der Waals surface area contributed by atoms with Gasteiger partial charge < -0.3 is 14.8 Å². The predicted octanol–water partition coefficient (Wildman–Crippen LogP) is 5.40. The first-order valence-corrected chi connectivity index (χ1v) is 11.7. The van der Waals surface area contributed by atoms with Crippen molar-refractivity contribution in [2.45, 2.75) is 52.0 Å². The summed E-state index contributed by atoms with van der Waals surface area (Å²) in [5.74, 6) is 1.63. The number of carbonyl (C=O) groups is 1. The topological polar surface area (TPSA) is 50.8 Å². The number of aryl methyl sites for hydroxylation is 1. The molecule has 166 valence electrons. The van der Waals surface area contributed by atoms with Gasteiger partial charge in [-0.15, -0.1) is 0 Å². The fraction of sp³-hybridized carbons (Fsp3) is 0.480. The van der Waals surface area contributed by atoms with Gasteiger partial charge in [0.1, 0.15) is 0 Å². The molecule has 1 saturated heterocycles. The maximum absolute atomic E-state index is 13.0. The largest absolute Gasteiger partial charge is 0.490 e. The summed E-state index contributed by atoms with van der Waals surface area (Å²) in [5.41, 5.74) is 4.19. The zero-order chi connectivity index (χ0) is 21.8. The second-order valence-corrected chi connectivity index (χ2v) is 8.61. The van der Waals surface area contributed by atoms with Crippen LogP contribution in [0.2, 0.25) is 5.02 Å². The van der Waals surface area contributed by atoms with Crippen LogP contribution in [0.3, 0.4) is 0 Å². The number of likely N-dealkylation sites (tertiary alicyclic amines) is 1. The van der Waals surface area contributed by atoms with Crippen LogP contribution in [-0.2, 0) is 17.6 Å². The van der Waals surface area contributed by atoms with Crippen LogP contribution < -0.4 is 14.8 Å². The van der Waals surface area contributed by atoms with E-state index in [-0.39, 0.29) is 11.9 Å². The number of nitrogens with zero attached hydrogens (tertiary/aromatic N) is 1.